The molecule has 0 amide bonds. The Morgan fingerprint density at radius 3 is 2.67 bits per heavy atom. The number of anilines is 1. The lowest BCUT2D eigenvalue weighted by atomic mass is 9.97. The van der Waals surface area contributed by atoms with E-state index >= 15 is 0 Å². The number of halogens is 3. The summed E-state index contributed by atoms with van der Waals surface area (Å²) in [6.07, 6.45) is -1.95. The molecular weight excluding hydrogens is 369 g/mol. The molecule has 1 unspecified atom stereocenters. The fourth-order valence-corrected chi connectivity index (χ4v) is 2.78. The van der Waals surface area contributed by atoms with E-state index in [0.717, 1.165) is 10.8 Å². The zero-order valence-corrected chi connectivity index (χ0v) is 14.0. The van der Waals surface area contributed by atoms with Gasteiger partial charge in [0, 0.05) is 38.5 Å². The zero-order valence-electron chi connectivity index (χ0n) is 14.0. The van der Waals surface area contributed by atoms with Crippen molar-refractivity contribution in [3.63, 3.8) is 0 Å². The number of imidazole rings is 2. The maximum Gasteiger partial charge on any atom is 0.424 e. The number of nitrogens with one attached hydrogen (secondary N) is 1. The normalized spacial score (nSPS) is 14.3. The van der Waals surface area contributed by atoms with Crippen LogP contribution in [0, 0.1) is 10.1 Å². The molecule has 1 atom stereocenters. The van der Waals surface area contributed by atoms with Gasteiger partial charge in [0.2, 0.25) is 17.1 Å². The summed E-state index contributed by atoms with van der Waals surface area (Å²) < 4.78 is 42.7. The Morgan fingerprint density at radius 1 is 1.33 bits per heavy atom. The predicted octanol–water partition coefficient (Wildman–Crippen LogP) is 2.23. The third-order valence-electron chi connectivity index (χ3n) is 4.12. The molecule has 0 aliphatic rings. The van der Waals surface area contributed by atoms with E-state index in [9.17, 15) is 28.4 Å². The number of nitro groups is 1. The number of nitrogens with zero attached hydrogens (tertiary/aromatic N) is 5. The van der Waals surface area contributed by atoms with Crippen LogP contribution < -0.4 is 5.32 Å². The monoisotopic (exact) mass is 384 g/mol. The molecule has 0 spiro atoms. The van der Waals surface area contributed by atoms with Crippen LogP contribution in [0.1, 0.15) is 12.2 Å². The second-order valence-corrected chi connectivity index (χ2v) is 5.87. The molecule has 3 heterocycles. The van der Waals surface area contributed by atoms with Crippen LogP contribution in [-0.2, 0) is 12.6 Å². The van der Waals surface area contributed by atoms with Gasteiger partial charge in [-0.3, -0.25) is 0 Å². The molecule has 0 aromatic carbocycles. The molecule has 9 nitrogen and oxygen atoms in total. The molecule has 0 aliphatic carbocycles. The third-order valence-corrected chi connectivity index (χ3v) is 4.12. The Kier molecular flexibility index (Phi) is 4.51. The third kappa shape index (κ3) is 3.18. The minimum Gasteiger partial charge on any atom is -0.374 e. The second-order valence-electron chi connectivity index (χ2n) is 5.87. The van der Waals surface area contributed by atoms with Crippen LogP contribution in [0.3, 0.4) is 0 Å². The number of rotatable bonds is 6. The second kappa shape index (κ2) is 6.54. The summed E-state index contributed by atoms with van der Waals surface area (Å²) in [5.41, 5.74) is -2.95. The molecule has 3 rings (SSSR count). The molecule has 12 heteroatoms. The van der Waals surface area contributed by atoms with Crippen LogP contribution in [0.4, 0.5) is 24.8 Å². The van der Waals surface area contributed by atoms with Gasteiger partial charge in [0.1, 0.15) is 5.82 Å². The van der Waals surface area contributed by atoms with Crippen LogP contribution in [-0.4, -0.2) is 41.7 Å². The maximum absolute atomic E-state index is 13.5. The predicted molar refractivity (Wildman–Crippen MR) is 88.1 cm³/mol. The van der Waals surface area contributed by atoms with E-state index in [0.29, 0.717) is 0 Å². The molecule has 0 saturated heterocycles. The quantitative estimate of drug-likeness (QED) is 0.498. The first-order valence-electron chi connectivity index (χ1n) is 7.77. The van der Waals surface area contributed by atoms with Crippen molar-refractivity contribution in [2.45, 2.75) is 18.2 Å². The van der Waals surface area contributed by atoms with Gasteiger partial charge in [-0.2, -0.15) is 22.6 Å². The first-order chi connectivity index (χ1) is 12.6. The van der Waals surface area contributed by atoms with Crippen molar-refractivity contribution in [1.29, 1.82) is 0 Å². The number of hydrogen-bond acceptors (Lipinski definition) is 6. The Balaban J connectivity index is 1.86. The minimum atomic E-state index is -4.99. The average molecular weight is 384 g/mol. The van der Waals surface area contributed by atoms with Crippen LogP contribution >= 0.6 is 0 Å². The van der Waals surface area contributed by atoms with Crippen LogP contribution in [0.15, 0.2) is 36.8 Å². The van der Waals surface area contributed by atoms with E-state index in [4.69, 9.17) is 0 Å². The summed E-state index contributed by atoms with van der Waals surface area (Å²) in [5, 5.41) is 24.1. The summed E-state index contributed by atoms with van der Waals surface area (Å²) in [6, 6.07) is 4.71. The Morgan fingerprint density at radius 2 is 2.07 bits per heavy atom. The van der Waals surface area contributed by atoms with Crippen LogP contribution in [0.25, 0.3) is 5.65 Å². The highest BCUT2D eigenvalue weighted by molar-refractivity contribution is 5.62. The van der Waals surface area contributed by atoms with Gasteiger partial charge in [0.05, 0.1) is 6.20 Å². The molecular formula is C15H15F3N6O3. The van der Waals surface area contributed by atoms with Gasteiger partial charge in [-0.25, -0.2) is 4.98 Å². The Hall–Kier alpha value is -3.15. The average Bonchev–Trinajstić information content (AvgIpc) is 3.16. The molecule has 0 fully saturated rings. The van der Waals surface area contributed by atoms with E-state index in [-0.39, 0.29) is 11.5 Å². The molecule has 2 N–H and O–H groups in total. The van der Waals surface area contributed by atoms with Gasteiger partial charge in [0.15, 0.2) is 0 Å². The van der Waals surface area contributed by atoms with E-state index in [1.54, 1.807) is 12.1 Å². The van der Waals surface area contributed by atoms with Crippen LogP contribution in [0.2, 0.25) is 0 Å². The first-order valence-corrected chi connectivity index (χ1v) is 7.77. The number of aliphatic hydroxyl groups is 1. The lowest BCUT2D eigenvalue weighted by molar-refractivity contribution is -0.389. The van der Waals surface area contributed by atoms with Crippen molar-refractivity contribution < 1.29 is 23.2 Å². The SMILES string of the molecule is Cn1ccnc1C(O)(CCNc1nc2ccccn2c1[N+](=O)[O-])C(F)(F)F. The van der Waals surface area contributed by atoms with E-state index in [2.05, 4.69) is 15.3 Å². The number of alkyl halides is 3. The highest BCUT2D eigenvalue weighted by Crippen LogP contribution is 2.40. The maximum atomic E-state index is 13.5. The molecule has 144 valence electrons. The highest BCUT2D eigenvalue weighted by atomic mass is 19.4. The summed E-state index contributed by atoms with van der Waals surface area (Å²) >= 11 is 0. The summed E-state index contributed by atoms with van der Waals surface area (Å²) in [7, 11) is 1.33. The van der Waals surface area contributed by atoms with Gasteiger partial charge in [0.25, 0.3) is 0 Å². The number of hydrogen-bond donors (Lipinski definition) is 2. The summed E-state index contributed by atoms with van der Waals surface area (Å²) in [4.78, 5) is 18.2. The number of aryl methyl sites for hydroxylation is 1. The minimum absolute atomic E-state index is 0.185. The molecule has 3 aromatic rings. The summed E-state index contributed by atoms with van der Waals surface area (Å²) in [6.45, 7) is -0.423. The van der Waals surface area contributed by atoms with E-state index in [1.807, 2.05) is 0 Å². The van der Waals surface area contributed by atoms with Gasteiger partial charge in [-0.05, 0) is 11.0 Å². The number of pyridine rings is 1. The van der Waals surface area contributed by atoms with Gasteiger partial charge >= 0.3 is 12.0 Å². The Bertz CT molecular complexity index is 983. The highest BCUT2D eigenvalue weighted by Gasteiger charge is 2.57. The van der Waals surface area contributed by atoms with Crippen molar-refractivity contribution in [3.8, 4) is 0 Å². The molecule has 0 saturated carbocycles. The van der Waals surface area contributed by atoms with Crippen molar-refractivity contribution in [3.05, 3.63) is 52.7 Å². The molecule has 3 aromatic heterocycles. The Labute approximate surface area is 150 Å². The topological polar surface area (TPSA) is 111 Å². The summed E-state index contributed by atoms with van der Waals surface area (Å²) in [5.74, 6) is -1.16. The lowest BCUT2D eigenvalue weighted by Crippen LogP contribution is -2.45. The molecule has 0 aliphatic heterocycles. The fraction of sp³-hybridized carbons (Fsp3) is 0.333. The molecule has 0 radical (unpaired) electrons. The lowest BCUT2D eigenvalue weighted by Gasteiger charge is -2.29. The van der Waals surface area contributed by atoms with Crippen molar-refractivity contribution >= 4 is 17.3 Å². The smallest absolute Gasteiger partial charge is 0.374 e. The zero-order chi connectivity index (χ0) is 19.8. The van der Waals surface area contributed by atoms with E-state index < -0.39 is 41.3 Å². The van der Waals surface area contributed by atoms with Crippen molar-refractivity contribution in [2.24, 2.45) is 7.05 Å². The van der Waals surface area contributed by atoms with Crippen molar-refractivity contribution in [1.82, 2.24) is 18.9 Å². The molecule has 27 heavy (non-hydrogen) atoms. The fourth-order valence-electron chi connectivity index (χ4n) is 2.78. The van der Waals surface area contributed by atoms with Crippen molar-refractivity contribution in [2.75, 3.05) is 11.9 Å². The van der Waals surface area contributed by atoms with Gasteiger partial charge < -0.3 is 25.1 Å². The number of aromatic nitrogens is 4. The largest absolute Gasteiger partial charge is 0.424 e. The first kappa shape index (κ1) is 18.6. The molecule has 0 bridgehead atoms. The van der Waals surface area contributed by atoms with Gasteiger partial charge in [-0.1, -0.05) is 6.07 Å². The van der Waals surface area contributed by atoms with Gasteiger partial charge in [-0.15, -0.1) is 0 Å². The van der Waals surface area contributed by atoms with Crippen LogP contribution in [0.5, 0.6) is 0 Å². The standard InChI is InChI=1S/C15H15F3N6O3/c1-22-9-7-20-13(22)14(25,15(16,17)18)5-6-19-11-12(24(26)27)23-8-3-2-4-10(23)21-11/h2-4,7-9,19,25H,5-6H2,1H3. The number of fused-ring (bicyclic) bond motifs is 1. The van der Waals surface area contributed by atoms with E-state index in [1.165, 1.54) is 29.9 Å².